The van der Waals surface area contributed by atoms with Gasteiger partial charge in [0.15, 0.2) is 0 Å². The summed E-state index contributed by atoms with van der Waals surface area (Å²) in [6, 6.07) is 10.2. The summed E-state index contributed by atoms with van der Waals surface area (Å²) in [6.07, 6.45) is 2.79. The molecule has 2 aliphatic heterocycles. The van der Waals surface area contributed by atoms with E-state index in [0.717, 1.165) is 24.2 Å². The number of nitrogens with one attached hydrogen (secondary N) is 2. The number of benzene rings is 1. The van der Waals surface area contributed by atoms with E-state index in [-0.39, 0.29) is 5.91 Å². The summed E-state index contributed by atoms with van der Waals surface area (Å²) in [5, 5.41) is 10.4. The fourth-order valence-corrected chi connectivity index (χ4v) is 2.78. The maximum absolute atomic E-state index is 12.4. The zero-order valence-corrected chi connectivity index (χ0v) is 12.3. The third-order valence-electron chi connectivity index (χ3n) is 4.12. The molecule has 0 spiro atoms. The van der Waals surface area contributed by atoms with Crippen LogP contribution in [-0.2, 0) is 9.63 Å². The van der Waals surface area contributed by atoms with Gasteiger partial charge >= 0.3 is 0 Å². The highest BCUT2D eigenvalue weighted by Crippen LogP contribution is 2.26. The summed E-state index contributed by atoms with van der Waals surface area (Å²) in [6.45, 7) is 3.48. The standard InChI is InChI=1S/C16H21N3O2/c1-16(15(20)18-11-13-8-5-9-17-13)10-14(19-21-16)12-6-3-2-4-7-12/h2-4,6-7,13,17H,5,8-11H2,1H3,(H,18,20). The van der Waals surface area contributed by atoms with E-state index in [1.807, 2.05) is 30.3 Å². The van der Waals surface area contributed by atoms with Crippen LogP contribution in [0.1, 0.15) is 31.7 Å². The number of oxime groups is 1. The lowest BCUT2D eigenvalue weighted by Crippen LogP contribution is -2.48. The molecule has 5 nitrogen and oxygen atoms in total. The first kappa shape index (κ1) is 14.1. The molecule has 3 rings (SSSR count). The smallest absolute Gasteiger partial charge is 0.267 e. The van der Waals surface area contributed by atoms with Gasteiger partial charge in [-0.2, -0.15) is 0 Å². The summed E-state index contributed by atoms with van der Waals surface area (Å²) < 4.78 is 0. The van der Waals surface area contributed by atoms with Crippen molar-refractivity contribution in [3.63, 3.8) is 0 Å². The van der Waals surface area contributed by atoms with Gasteiger partial charge in [0.2, 0.25) is 5.60 Å². The molecule has 0 bridgehead atoms. The largest absolute Gasteiger partial charge is 0.379 e. The van der Waals surface area contributed by atoms with Crippen LogP contribution >= 0.6 is 0 Å². The molecule has 2 heterocycles. The Balaban J connectivity index is 1.57. The Hall–Kier alpha value is -1.88. The van der Waals surface area contributed by atoms with Crippen LogP contribution in [-0.4, -0.2) is 36.4 Å². The molecule has 112 valence electrons. The van der Waals surface area contributed by atoms with Crippen molar-refractivity contribution in [2.24, 2.45) is 5.16 Å². The highest BCUT2D eigenvalue weighted by Gasteiger charge is 2.42. The molecule has 2 N–H and O–H groups in total. The zero-order valence-electron chi connectivity index (χ0n) is 12.3. The van der Waals surface area contributed by atoms with E-state index in [9.17, 15) is 4.79 Å². The minimum Gasteiger partial charge on any atom is -0.379 e. The summed E-state index contributed by atoms with van der Waals surface area (Å²) in [5.74, 6) is -0.0918. The van der Waals surface area contributed by atoms with Crippen LogP contribution in [0.2, 0.25) is 0 Å². The number of nitrogens with zero attached hydrogens (tertiary/aromatic N) is 1. The van der Waals surface area contributed by atoms with Crippen LogP contribution in [0.5, 0.6) is 0 Å². The number of carbonyl (C=O) groups excluding carboxylic acids is 1. The molecule has 1 aromatic rings. The van der Waals surface area contributed by atoms with Gasteiger partial charge in [0.1, 0.15) is 0 Å². The van der Waals surface area contributed by atoms with Crippen LogP contribution in [0.25, 0.3) is 0 Å². The molecule has 0 aromatic heterocycles. The summed E-state index contributed by atoms with van der Waals surface area (Å²) in [4.78, 5) is 17.8. The second-order valence-electron chi connectivity index (χ2n) is 5.91. The molecule has 1 aromatic carbocycles. The van der Waals surface area contributed by atoms with Gasteiger partial charge in [-0.1, -0.05) is 35.5 Å². The van der Waals surface area contributed by atoms with E-state index in [1.54, 1.807) is 6.92 Å². The van der Waals surface area contributed by atoms with Crippen molar-refractivity contribution in [2.75, 3.05) is 13.1 Å². The minimum atomic E-state index is -0.899. The van der Waals surface area contributed by atoms with Gasteiger partial charge < -0.3 is 15.5 Å². The normalized spacial score (nSPS) is 28.0. The second kappa shape index (κ2) is 5.85. The molecule has 1 amide bonds. The molecular formula is C16H21N3O2. The number of rotatable bonds is 4. The Labute approximate surface area is 124 Å². The van der Waals surface area contributed by atoms with E-state index >= 15 is 0 Å². The first-order chi connectivity index (χ1) is 10.2. The van der Waals surface area contributed by atoms with Crippen molar-refractivity contribution >= 4 is 11.6 Å². The summed E-state index contributed by atoms with van der Waals surface area (Å²) in [5.41, 5.74) is 0.933. The van der Waals surface area contributed by atoms with Gasteiger partial charge in [0.05, 0.1) is 5.71 Å². The van der Waals surface area contributed by atoms with Crippen LogP contribution in [0.3, 0.4) is 0 Å². The summed E-state index contributed by atoms with van der Waals surface area (Å²) in [7, 11) is 0. The lowest BCUT2D eigenvalue weighted by molar-refractivity contribution is -0.141. The van der Waals surface area contributed by atoms with Gasteiger partial charge in [-0.05, 0) is 31.9 Å². The van der Waals surface area contributed by atoms with Crippen molar-refractivity contribution in [3.8, 4) is 0 Å². The monoisotopic (exact) mass is 287 g/mol. The fraction of sp³-hybridized carbons (Fsp3) is 0.500. The van der Waals surface area contributed by atoms with Crippen LogP contribution in [0, 0.1) is 0 Å². The molecule has 1 fully saturated rings. The number of amides is 1. The van der Waals surface area contributed by atoms with Crippen molar-refractivity contribution in [3.05, 3.63) is 35.9 Å². The lowest BCUT2D eigenvalue weighted by atomic mass is 9.95. The predicted octanol–water partition coefficient (Wildman–Crippen LogP) is 1.44. The predicted molar refractivity (Wildman–Crippen MR) is 81.1 cm³/mol. The van der Waals surface area contributed by atoms with E-state index in [2.05, 4.69) is 15.8 Å². The molecule has 2 aliphatic rings. The molecule has 5 heteroatoms. The zero-order chi connectivity index (χ0) is 14.7. The third-order valence-corrected chi connectivity index (χ3v) is 4.12. The SMILES string of the molecule is CC1(C(=O)NCC2CCCN2)CC(c2ccccc2)=NO1. The Bertz CT molecular complexity index is 538. The van der Waals surface area contributed by atoms with E-state index in [0.29, 0.717) is 19.0 Å². The van der Waals surface area contributed by atoms with E-state index in [4.69, 9.17) is 4.84 Å². The second-order valence-corrected chi connectivity index (χ2v) is 5.91. The number of hydrogen-bond acceptors (Lipinski definition) is 4. The molecule has 0 aliphatic carbocycles. The van der Waals surface area contributed by atoms with Crippen LogP contribution < -0.4 is 10.6 Å². The maximum atomic E-state index is 12.4. The topological polar surface area (TPSA) is 62.7 Å². The first-order valence-electron chi connectivity index (χ1n) is 7.49. The molecule has 2 atom stereocenters. The number of hydrogen-bond donors (Lipinski definition) is 2. The molecule has 0 radical (unpaired) electrons. The van der Waals surface area contributed by atoms with Crippen LogP contribution in [0.4, 0.5) is 0 Å². The molecule has 21 heavy (non-hydrogen) atoms. The quantitative estimate of drug-likeness (QED) is 0.881. The van der Waals surface area contributed by atoms with Gasteiger partial charge in [0, 0.05) is 19.0 Å². The Morgan fingerprint density at radius 1 is 1.48 bits per heavy atom. The molecule has 0 saturated carbocycles. The van der Waals surface area contributed by atoms with Crippen LogP contribution in [0.15, 0.2) is 35.5 Å². The summed E-state index contributed by atoms with van der Waals surface area (Å²) >= 11 is 0. The molecular weight excluding hydrogens is 266 g/mol. The molecule has 1 saturated heterocycles. The van der Waals surface area contributed by atoms with Gasteiger partial charge in [-0.15, -0.1) is 0 Å². The maximum Gasteiger partial charge on any atom is 0.267 e. The average Bonchev–Trinajstić information content (AvgIpc) is 3.16. The average molecular weight is 287 g/mol. The van der Waals surface area contributed by atoms with E-state index < -0.39 is 5.60 Å². The Kier molecular flexibility index (Phi) is 3.92. The lowest BCUT2D eigenvalue weighted by Gasteiger charge is -2.21. The highest BCUT2D eigenvalue weighted by molar-refractivity contribution is 6.05. The number of carbonyl (C=O) groups is 1. The van der Waals surface area contributed by atoms with Crippen molar-refractivity contribution < 1.29 is 9.63 Å². The highest BCUT2D eigenvalue weighted by atomic mass is 16.7. The van der Waals surface area contributed by atoms with Crippen molar-refractivity contribution in [1.29, 1.82) is 0 Å². The minimum absolute atomic E-state index is 0.0918. The van der Waals surface area contributed by atoms with Gasteiger partial charge in [-0.3, -0.25) is 4.79 Å². The Morgan fingerprint density at radius 3 is 3.00 bits per heavy atom. The van der Waals surface area contributed by atoms with E-state index in [1.165, 1.54) is 6.42 Å². The van der Waals surface area contributed by atoms with Crippen molar-refractivity contribution in [1.82, 2.24) is 10.6 Å². The van der Waals surface area contributed by atoms with Gasteiger partial charge in [-0.25, -0.2) is 0 Å². The fourth-order valence-electron chi connectivity index (χ4n) is 2.78. The van der Waals surface area contributed by atoms with Crippen molar-refractivity contribution in [2.45, 2.75) is 37.8 Å². The molecule has 2 unspecified atom stereocenters. The van der Waals surface area contributed by atoms with Gasteiger partial charge in [0.25, 0.3) is 5.91 Å². The first-order valence-corrected chi connectivity index (χ1v) is 7.49. The third kappa shape index (κ3) is 3.08. The Morgan fingerprint density at radius 2 is 2.29 bits per heavy atom.